The fourth-order valence-electron chi connectivity index (χ4n) is 1.30. The molecule has 98 valence electrons. The fraction of sp³-hybridized carbons (Fsp3) is 0.333. The summed E-state index contributed by atoms with van der Waals surface area (Å²) in [4.78, 5) is 22.6. The van der Waals surface area contributed by atoms with Crippen molar-refractivity contribution in [1.29, 1.82) is 0 Å². The number of hydrogen-bond donors (Lipinski definition) is 1. The van der Waals surface area contributed by atoms with E-state index < -0.39 is 5.97 Å². The molecule has 6 heteroatoms. The van der Waals surface area contributed by atoms with Crippen LogP contribution in [0.2, 0.25) is 0 Å². The van der Waals surface area contributed by atoms with E-state index in [9.17, 15) is 9.59 Å². The predicted octanol–water partition coefficient (Wildman–Crippen LogP) is 0.607. The number of carbonyl (C=O) groups excluding carboxylic acids is 2. The molecule has 0 unspecified atom stereocenters. The maximum atomic E-state index is 11.7. The second-order valence-electron chi connectivity index (χ2n) is 3.33. The number of esters is 1. The monoisotopic (exact) mass is 253 g/mol. The van der Waals surface area contributed by atoms with Crippen LogP contribution in [0.4, 0.5) is 0 Å². The van der Waals surface area contributed by atoms with Crippen molar-refractivity contribution >= 4 is 11.9 Å². The van der Waals surface area contributed by atoms with E-state index in [2.05, 4.69) is 10.1 Å². The third-order valence-electron chi connectivity index (χ3n) is 2.27. The van der Waals surface area contributed by atoms with Crippen molar-refractivity contribution in [3.63, 3.8) is 0 Å². The molecule has 0 heterocycles. The van der Waals surface area contributed by atoms with Crippen LogP contribution in [-0.2, 0) is 9.53 Å². The van der Waals surface area contributed by atoms with Crippen LogP contribution in [0, 0.1) is 0 Å². The SMILES string of the molecule is COC(=O)CNC(=O)c1ccc(OC)c(OC)c1. The Bertz CT molecular complexity index is 444. The number of benzene rings is 1. The fourth-order valence-corrected chi connectivity index (χ4v) is 1.30. The molecule has 0 radical (unpaired) electrons. The van der Waals surface area contributed by atoms with Gasteiger partial charge in [-0.2, -0.15) is 0 Å². The molecule has 1 amide bonds. The van der Waals surface area contributed by atoms with Crippen molar-refractivity contribution in [2.75, 3.05) is 27.9 Å². The van der Waals surface area contributed by atoms with Gasteiger partial charge in [0.25, 0.3) is 5.91 Å². The highest BCUT2D eigenvalue weighted by Gasteiger charge is 2.11. The standard InChI is InChI=1S/C12H15NO5/c1-16-9-5-4-8(6-10(9)17-2)12(15)13-7-11(14)18-3/h4-6H,7H2,1-3H3,(H,13,15). The summed E-state index contributed by atoms with van der Waals surface area (Å²) in [5.41, 5.74) is 0.372. The number of nitrogens with one attached hydrogen (secondary N) is 1. The van der Waals surface area contributed by atoms with Crippen molar-refractivity contribution in [3.05, 3.63) is 23.8 Å². The number of methoxy groups -OCH3 is 3. The molecule has 0 saturated carbocycles. The van der Waals surface area contributed by atoms with Gasteiger partial charge in [-0.05, 0) is 18.2 Å². The number of carbonyl (C=O) groups is 2. The quantitative estimate of drug-likeness (QED) is 0.778. The van der Waals surface area contributed by atoms with E-state index in [1.165, 1.54) is 27.4 Å². The van der Waals surface area contributed by atoms with E-state index in [4.69, 9.17) is 9.47 Å². The zero-order valence-corrected chi connectivity index (χ0v) is 10.5. The van der Waals surface area contributed by atoms with E-state index in [1.807, 2.05) is 0 Å². The van der Waals surface area contributed by atoms with Gasteiger partial charge in [-0.1, -0.05) is 0 Å². The summed E-state index contributed by atoms with van der Waals surface area (Å²) < 4.78 is 14.6. The Morgan fingerprint density at radius 3 is 2.33 bits per heavy atom. The summed E-state index contributed by atoms with van der Waals surface area (Å²) in [7, 11) is 4.24. The summed E-state index contributed by atoms with van der Waals surface area (Å²) in [5.74, 6) is 0.0791. The molecule has 1 aromatic carbocycles. The molecule has 0 aliphatic rings. The molecular weight excluding hydrogens is 238 g/mol. The average Bonchev–Trinajstić information content (AvgIpc) is 2.43. The van der Waals surface area contributed by atoms with Gasteiger partial charge in [-0.25, -0.2) is 0 Å². The second-order valence-corrected chi connectivity index (χ2v) is 3.33. The van der Waals surface area contributed by atoms with Crippen molar-refractivity contribution in [2.24, 2.45) is 0 Å². The molecule has 18 heavy (non-hydrogen) atoms. The number of hydrogen-bond acceptors (Lipinski definition) is 5. The van der Waals surface area contributed by atoms with E-state index in [0.29, 0.717) is 17.1 Å². The van der Waals surface area contributed by atoms with E-state index in [-0.39, 0.29) is 12.5 Å². The van der Waals surface area contributed by atoms with E-state index in [0.717, 1.165) is 0 Å². The Morgan fingerprint density at radius 1 is 1.11 bits per heavy atom. The minimum Gasteiger partial charge on any atom is -0.493 e. The minimum absolute atomic E-state index is 0.177. The summed E-state index contributed by atoms with van der Waals surface area (Å²) in [5, 5.41) is 2.43. The molecule has 6 nitrogen and oxygen atoms in total. The highest BCUT2D eigenvalue weighted by atomic mass is 16.5. The molecule has 0 aliphatic carbocycles. The summed E-state index contributed by atoms with van der Waals surface area (Å²) in [6.07, 6.45) is 0. The van der Waals surface area contributed by atoms with Gasteiger partial charge in [0.15, 0.2) is 11.5 Å². The largest absolute Gasteiger partial charge is 0.493 e. The lowest BCUT2D eigenvalue weighted by atomic mass is 10.2. The lowest BCUT2D eigenvalue weighted by Crippen LogP contribution is -2.30. The first-order valence-corrected chi connectivity index (χ1v) is 5.19. The van der Waals surface area contributed by atoms with E-state index in [1.54, 1.807) is 12.1 Å². The summed E-state index contributed by atoms with van der Waals surface area (Å²) in [6, 6.07) is 4.73. The van der Waals surface area contributed by atoms with Crippen LogP contribution in [0.1, 0.15) is 10.4 Å². The van der Waals surface area contributed by atoms with Crippen LogP contribution in [0.5, 0.6) is 11.5 Å². The Hall–Kier alpha value is -2.24. The zero-order valence-electron chi connectivity index (χ0n) is 10.5. The zero-order chi connectivity index (χ0) is 13.5. The summed E-state index contributed by atoms with van der Waals surface area (Å²) >= 11 is 0. The molecule has 0 saturated heterocycles. The normalized spacial score (nSPS) is 9.50. The Balaban J connectivity index is 2.77. The maximum absolute atomic E-state index is 11.7. The molecule has 1 N–H and O–H groups in total. The van der Waals surface area contributed by atoms with Crippen molar-refractivity contribution < 1.29 is 23.8 Å². The van der Waals surface area contributed by atoms with Crippen LogP contribution in [0.3, 0.4) is 0 Å². The third-order valence-corrected chi connectivity index (χ3v) is 2.27. The predicted molar refractivity (Wildman–Crippen MR) is 63.9 cm³/mol. The molecular formula is C12H15NO5. The highest BCUT2D eigenvalue weighted by Crippen LogP contribution is 2.27. The second kappa shape index (κ2) is 6.48. The van der Waals surface area contributed by atoms with Gasteiger partial charge in [0.05, 0.1) is 21.3 Å². The van der Waals surface area contributed by atoms with Crippen molar-refractivity contribution in [2.45, 2.75) is 0 Å². The maximum Gasteiger partial charge on any atom is 0.325 e. The first-order valence-electron chi connectivity index (χ1n) is 5.19. The molecule has 0 bridgehead atoms. The lowest BCUT2D eigenvalue weighted by molar-refractivity contribution is -0.139. The van der Waals surface area contributed by atoms with E-state index >= 15 is 0 Å². The first-order chi connectivity index (χ1) is 8.62. The Labute approximate surface area is 105 Å². The summed E-state index contributed by atoms with van der Waals surface area (Å²) in [6.45, 7) is -0.177. The van der Waals surface area contributed by atoms with Gasteiger partial charge < -0.3 is 19.5 Å². The van der Waals surface area contributed by atoms with Crippen LogP contribution >= 0.6 is 0 Å². The Morgan fingerprint density at radius 2 is 1.78 bits per heavy atom. The molecule has 1 aromatic rings. The number of rotatable bonds is 5. The molecule has 0 fully saturated rings. The van der Waals surface area contributed by atoms with Gasteiger partial charge in [-0.15, -0.1) is 0 Å². The van der Waals surface area contributed by atoms with Gasteiger partial charge in [-0.3, -0.25) is 9.59 Å². The van der Waals surface area contributed by atoms with Crippen LogP contribution < -0.4 is 14.8 Å². The molecule has 0 aliphatic heterocycles. The smallest absolute Gasteiger partial charge is 0.325 e. The molecule has 0 atom stereocenters. The first kappa shape index (κ1) is 13.8. The van der Waals surface area contributed by atoms with Crippen LogP contribution in [0.25, 0.3) is 0 Å². The van der Waals surface area contributed by atoms with Gasteiger partial charge in [0.1, 0.15) is 6.54 Å². The lowest BCUT2D eigenvalue weighted by Gasteiger charge is -2.09. The molecule has 0 aromatic heterocycles. The number of amides is 1. The highest BCUT2D eigenvalue weighted by molar-refractivity contribution is 5.96. The Kier molecular flexibility index (Phi) is 4.98. The topological polar surface area (TPSA) is 73.9 Å². The average molecular weight is 253 g/mol. The van der Waals surface area contributed by atoms with Gasteiger partial charge in [0.2, 0.25) is 0 Å². The van der Waals surface area contributed by atoms with Crippen molar-refractivity contribution in [1.82, 2.24) is 5.32 Å². The van der Waals surface area contributed by atoms with Gasteiger partial charge >= 0.3 is 5.97 Å². The minimum atomic E-state index is -0.510. The van der Waals surface area contributed by atoms with Gasteiger partial charge in [0, 0.05) is 5.56 Å². The van der Waals surface area contributed by atoms with Crippen LogP contribution in [-0.4, -0.2) is 39.8 Å². The number of ether oxygens (including phenoxy) is 3. The van der Waals surface area contributed by atoms with Crippen LogP contribution in [0.15, 0.2) is 18.2 Å². The third kappa shape index (κ3) is 3.38. The molecule has 0 spiro atoms. The molecule has 1 rings (SSSR count). The van der Waals surface area contributed by atoms with Crippen molar-refractivity contribution in [3.8, 4) is 11.5 Å².